The zero-order valence-corrected chi connectivity index (χ0v) is 10.9. The number of ether oxygens (including phenoxy) is 2. The molecule has 2 heterocycles. The highest BCUT2D eigenvalue weighted by Gasteiger charge is 2.22. The Bertz CT molecular complexity index is 546. The largest absolute Gasteiger partial charge is 0.497 e. The normalized spacial score (nSPS) is 23.7. The van der Waals surface area contributed by atoms with Gasteiger partial charge in [-0.3, -0.25) is 0 Å². The van der Waals surface area contributed by atoms with Crippen molar-refractivity contribution >= 4 is 10.9 Å². The van der Waals surface area contributed by atoms with Gasteiger partial charge in [-0.05, 0) is 44.0 Å². The molecule has 3 nitrogen and oxygen atoms in total. The molecule has 1 aromatic carbocycles. The number of nitrogens with zero attached hydrogens (tertiary/aromatic N) is 1. The predicted octanol–water partition coefficient (Wildman–Crippen LogP) is 3.22. The zero-order valence-electron chi connectivity index (χ0n) is 10.9. The maximum Gasteiger partial charge on any atom is 0.119 e. The van der Waals surface area contributed by atoms with Crippen molar-refractivity contribution in [3.8, 4) is 5.75 Å². The molecule has 1 fully saturated rings. The van der Waals surface area contributed by atoms with E-state index in [4.69, 9.17) is 9.47 Å². The fourth-order valence-electron chi connectivity index (χ4n) is 2.70. The lowest BCUT2D eigenvalue weighted by atomic mass is 10.2. The highest BCUT2D eigenvalue weighted by atomic mass is 16.5. The average molecular weight is 245 g/mol. The molecule has 1 aliphatic rings. The van der Waals surface area contributed by atoms with Gasteiger partial charge in [0.2, 0.25) is 0 Å². The van der Waals surface area contributed by atoms with Crippen LogP contribution in [-0.4, -0.2) is 23.9 Å². The van der Waals surface area contributed by atoms with E-state index in [1.165, 1.54) is 17.3 Å². The first-order valence-electron chi connectivity index (χ1n) is 6.54. The molecule has 1 aliphatic heterocycles. The molecule has 0 N–H and O–H groups in total. The molecule has 2 unspecified atom stereocenters. The Balaban J connectivity index is 1.84. The van der Waals surface area contributed by atoms with Gasteiger partial charge in [-0.25, -0.2) is 0 Å². The monoisotopic (exact) mass is 245 g/mol. The number of rotatable bonds is 3. The summed E-state index contributed by atoms with van der Waals surface area (Å²) >= 11 is 0. The van der Waals surface area contributed by atoms with Gasteiger partial charge >= 0.3 is 0 Å². The Morgan fingerprint density at radius 1 is 1.33 bits per heavy atom. The first kappa shape index (κ1) is 11.6. The van der Waals surface area contributed by atoms with Crippen LogP contribution in [0.2, 0.25) is 0 Å². The van der Waals surface area contributed by atoms with E-state index < -0.39 is 0 Å². The molecule has 2 aromatic rings. The van der Waals surface area contributed by atoms with Gasteiger partial charge in [0, 0.05) is 23.6 Å². The summed E-state index contributed by atoms with van der Waals surface area (Å²) in [5.74, 6) is 0.908. The topological polar surface area (TPSA) is 23.4 Å². The van der Waals surface area contributed by atoms with E-state index in [0.717, 1.165) is 18.7 Å². The summed E-state index contributed by atoms with van der Waals surface area (Å²) < 4.78 is 13.4. The highest BCUT2D eigenvalue weighted by molar-refractivity contribution is 5.81. The maximum atomic E-state index is 5.88. The fraction of sp³-hybridized carbons (Fsp3) is 0.467. The number of methoxy groups -OCH3 is 1. The number of hydrogen-bond donors (Lipinski definition) is 0. The van der Waals surface area contributed by atoms with E-state index >= 15 is 0 Å². The van der Waals surface area contributed by atoms with Gasteiger partial charge < -0.3 is 14.0 Å². The molecule has 0 saturated carbocycles. The van der Waals surface area contributed by atoms with Crippen molar-refractivity contribution in [1.29, 1.82) is 0 Å². The quantitative estimate of drug-likeness (QED) is 0.829. The van der Waals surface area contributed by atoms with Crippen LogP contribution < -0.4 is 4.74 Å². The summed E-state index contributed by atoms with van der Waals surface area (Å²) in [6.45, 7) is 3.10. The molecule has 0 amide bonds. The standard InChI is InChI=1S/C15H19NO2/c1-11-3-4-14(18-11)10-16-8-7-12-9-13(17-2)5-6-15(12)16/h5-9,11,14H,3-4,10H2,1-2H3. The van der Waals surface area contributed by atoms with Crippen LogP contribution in [-0.2, 0) is 11.3 Å². The molecule has 3 rings (SSSR count). The van der Waals surface area contributed by atoms with Gasteiger partial charge in [-0.15, -0.1) is 0 Å². The highest BCUT2D eigenvalue weighted by Crippen LogP contribution is 2.25. The molecule has 3 heteroatoms. The summed E-state index contributed by atoms with van der Waals surface area (Å²) in [5, 5.41) is 1.22. The minimum Gasteiger partial charge on any atom is -0.497 e. The molecular weight excluding hydrogens is 226 g/mol. The lowest BCUT2D eigenvalue weighted by molar-refractivity contribution is 0.0465. The summed E-state index contributed by atoms with van der Waals surface area (Å²) in [5.41, 5.74) is 1.25. The van der Waals surface area contributed by atoms with Crippen molar-refractivity contribution < 1.29 is 9.47 Å². The van der Waals surface area contributed by atoms with Gasteiger partial charge in [0.05, 0.1) is 19.3 Å². The second kappa shape index (κ2) is 4.65. The van der Waals surface area contributed by atoms with E-state index in [9.17, 15) is 0 Å². The number of benzene rings is 1. The minimum atomic E-state index is 0.359. The molecule has 1 aromatic heterocycles. The van der Waals surface area contributed by atoms with Crippen LogP contribution in [0.3, 0.4) is 0 Å². The summed E-state index contributed by atoms with van der Waals surface area (Å²) in [4.78, 5) is 0. The molecule has 0 radical (unpaired) electrons. The predicted molar refractivity (Wildman–Crippen MR) is 72.1 cm³/mol. The molecular formula is C15H19NO2. The summed E-state index contributed by atoms with van der Waals surface area (Å²) in [6.07, 6.45) is 5.25. The summed E-state index contributed by atoms with van der Waals surface area (Å²) in [7, 11) is 1.70. The molecule has 0 bridgehead atoms. The van der Waals surface area contributed by atoms with E-state index in [-0.39, 0.29) is 0 Å². The van der Waals surface area contributed by atoms with Gasteiger partial charge in [0.15, 0.2) is 0 Å². The Morgan fingerprint density at radius 2 is 2.22 bits per heavy atom. The smallest absolute Gasteiger partial charge is 0.119 e. The lowest BCUT2D eigenvalue weighted by Gasteiger charge is -2.13. The Morgan fingerprint density at radius 3 is 2.94 bits per heavy atom. The maximum absolute atomic E-state index is 5.88. The van der Waals surface area contributed by atoms with Crippen molar-refractivity contribution in [2.24, 2.45) is 0 Å². The van der Waals surface area contributed by atoms with Gasteiger partial charge in [0.1, 0.15) is 5.75 Å². The summed E-state index contributed by atoms with van der Waals surface area (Å²) in [6, 6.07) is 8.34. The van der Waals surface area contributed by atoms with Crippen LogP contribution >= 0.6 is 0 Å². The third kappa shape index (κ3) is 2.10. The third-order valence-corrected chi connectivity index (χ3v) is 3.70. The first-order chi connectivity index (χ1) is 8.76. The van der Waals surface area contributed by atoms with E-state index in [0.29, 0.717) is 12.2 Å². The van der Waals surface area contributed by atoms with E-state index in [1.807, 2.05) is 6.07 Å². The number of hydrogen-bond acceptors (Lipinski definition) is 2. The van der Waals surface area contributed by atoms with Crippen molar-refractivity contribution in [2.45, 2.75) is 38.5 Å². The molecule has 18 heavy (non-hydrogen) atoms. The van der Waals surface area contributed by atoms with Gasteiger partial charge in [-0.2, -0.15) is 0 Å². The molecule has 96 valence electrons. The molecule has 2 atom stereocenters. The van der Waals surface area contributed by atoms with Crippen LogP contribution in [0.25, 0.3) is 10.9 Å². The van der Waals surface area contributed by atoms with E-state index in [2.05, 4.69) is 35.9 Å². The SMILES string of the molecule is COc1ccc2c(ccn2CC2CCC(C)O2)c1. The van der Waals surface area contributed by atoms with Crippen molar-refractivity contribution in [3.63, 3.8) is 0 Å². The third-order valence-electron chi connectivity index (χ3n) is 3.70. The first-order valence-corrected chi connectivity index (χ1v) is 6.54. The van der Waals surface area contributed by atoms with Gasteiger partial charge in [-0.1, -0.05) is 0 Å². The van der Waals surface area contributed by atoms with Crippen LogP contribution in [0.15, 0.2) is 30.5 Å². The van der Waals surface area contributed by atoms with Crippen molar-refractivity contribution in [1.82, 2.24) is 4.57 Å². The lowest BCUT2D eigenvalue weighted by Crippen LogP contribution is -2.15. The average Bonchev–Trinajstić information content (AvgIpc) is 2.96. The van der Waals surface area contributed by atoms with Crippen molar-refractivity contribution in [2.75, 3.05) is 7.11 Å². The number of aromatic nitrogens is 1. The Labute approximate surface area is 107 Å². The van der Waals surface area contributed by atoms with Gasteiger partial charge in [0.25, 0.3) is 0 Å². The van der Waals surface area contributed by atoms with Crippen LogP contribution in [0.4, 0.5) is 0 Å². The minimum absolute atomic E-state index is 0.359. The second-order valence-corrected chi connectivity index (χ2v) is 5.04. The van der Waals surface area contributed by atoms with Crippen LogP contribution in [0.5, 0.6) is 5.75 Å². The van der Waals surface area contributed by atoms with E-state index in [1.54, 1.807) is 7.11 Å². The zero-order chi connectivity index (χ0) is 12.5. The Hall–Kier alpha value is -1.48. The molecule has 1 saturated heterocycles. The fourth-order valence-corrected chi connectivity index (χ4v) is 2.70. The van der Waals surface area contributed by atoms with Crippen LogP contribution in [0.1, 0.15) is 19.8 Å². The molecule has 0 aliphatic carbocycles. The second-order valence-electron chi connectivity index (χ2n) is 5.04. The Kier molecular flexibility index (Phi) is 3.00. The van der Waals surface area contributed by atoms with Crippen LogP contribution in [0, 0.1) is 0 Å². The van der Waals surface area contributed by atoms with Crippen molar-refractivity contribution in [3.05, 3.63) is 30.5 Å². The molecule has 0 spiro atoms. The number of fused-ring (bicyclic) bond motifs is 1.